The predicted octanol–water partition coefficient (Wildman–Crippen LogP) is 5.23. The van der Waals surface area contributed by atoms with Crippen LogP contribution >= 0.6 is 11.8 Å². The first-order chi connectivity index (χ1) is 11.5. The van der Waals surface area contributed by atoms with Crippen molar-refractivity contribution in [2.24, 2.45) is 0 Å². The average Bonchev–Trinajstić information content (AvgIpc) is 2.54. The lowest BCUT2D eigenvalue weighted by molar-refractivity contribution is -0.116. The van der Waals surface area contributed by atoms with Crippen molar-refractivity contribution in [1.82, 2.24) is 0 Å². The van der Waals surface area contributed by atoms with Crippen LogP contribution in [0.4, 0.5) is 14.5 Å². The first-order valence-electron chi connectivity index (χ1n) is 7.85. The summed E-state index contributed by atoms with van der Waals surface area (Å²) in [4.78, 5) is 12.0. The molecule has 0 aromatic heterocycles. The fraction of sp³-hybridized carbons (Fsp3) is 0.316. The van der Waals surface area contributed by atoms with E-state index in [1.54, 1.807) is 6.07 Å². The zero-order valence-electron chi connectivity index (χ0n) is 13.9. The van der Waals surface area contributed by atoms with E-state index in [9.17, 15) is 13.6 Å². The molecule has 0 spiro atoms. The van der Waals surface area contributed by atoms with E-state index in [2.05, 4.69) is 5.32 Å². The summed E-state index contributed by atoms with van der Waals surface area (Å²) in [5.41, 5.74) is 3.32. The number of rotatable bonds is 7. The van der Waals surface area contributed by atoms with E-state index in [0.29, 0.717) is 24.2 Å². The Morgan fingerprint density at radius 3 is 2.46 bits per heavy atom. The predicted molar refractivity (Wildman–Crippen MR) is 96.3 cm³/mol. The third-order valence-electron chi connectivity index (χ3n) is 3.73. The molecule has 0 radical (unpaired) electrons. The third kappa shape index (κ3) is 5.06. The number of para-hydroxylation sites is 1. The number of hydrogen-bond donors (Lipinski definition) is 1. The summed E-state index contributed by atoms with van der Waals surface area (Å²) in [7, 11) is 0. The second kappa shape index (κ2) is 8.83. The Balaban J connectivity index is 1.72. The van der Waals surface area contributed by atoms with Gasteiger partial charge in [-0.3, -0.25) is 4.79 Å². The van der Waals surface area contributed by atoms with Gasteiger partial charge in [0.1, 0.15) is 0 Å². The molecule has 2 aromatic rings. The molecule has 0 heterocycles. The van der Waals surface area contributed by atoms with Gasteiger partial charge in [-0.05, 0) is 43.2 Å². The number of anilines is 1. The van der Waals surface area contributed by atoms with Gasteiger partial charge in [0.05, 0.1) is 0 Å². The number of nitrogens with one attached hydrogen (secondary N) is 1. The van der Waals surface area contributed by atoms with Crippen LogP contribution in [0.25, 0.3) is 0 Å². The van der Waals surface area contributed by atoms with Gasteiger partial charge in [0.15, 0.2) is 11.6 Å². The molecule has 2 rings (SSSR count). The minimum Gasteiger partial charge on any atom is -0.326 e. The second-order valence-electron chi connectivity index (χ2n) is 5.68. The quantitative estimate of drug-likeness (QED) is 0.693. The van der Waals surface area contributed by atoms with Crippen molar-refractivity contribution < 1.29 is 13.6 Å². The van der Waals surface area contributed by atoms with Gasteiger partial charge in [-0.2, -0.15) is 11.8 Å². The van der Waals surface area contributed by atoms with Gasteiger partial charge in [0.25, 0.3) is 0 Å². The summed E-state index contributed by atoms with van der Waals surface area (Å²) in [5.74, 6) is -0.498. The maximum atomic E-state index is 13.5. The third-order valence-corrected chi connectivity index (χ3v) is 4.82. The van der Waals surface area contributed by atoms with Crippen molar-refractivity contribution in [1.29, 1.82) is 0 Å². The minimum absolute atomic E-state index is 0.0232. The molecule has 2 nitrogen and oxygen atoms in total. The van der Waals surface area contributed by atoms with Crippen molar-refractivity contribution in [3.63, 3.8) is 0 Å². The number of amides is 1. The summed E-state index contributed by atoms with van der Waals surface area (Å²) < 4.78 is 26.6. The maximum Gasteiger partial charge on any atom is 0.224 e. The highest BCUT2D eigenvalue weighted by molar-refractivity contribution is 7.98. The fourth-order valence-corrected chi connectivity index (χ4v) is 3.33. The molecular formula is C19H21F2NOS. The summed E-state index contributed by atoms with van der Waals surface area (Å²) in [6.45, 7) is 3.93. The molecule has 0 fully saturated rings. The molecule has 0 aliphatic carbocycles. The Morgan fingerprint density at radius 2 is 1.75 bits per heavy atom. The Hall–Kier alpha value is -1.88. The lowest BCUT2D eigenvalue weighted by Gasteiger charge is -2.11. The standard InChI is InChI=1S/C19H21F2NOS/c1-13-6-3-7-14(2)19(13)22-17(23)10-5-11-24-12-15-8-4-9-16(20)18(15)21/h3-4,6-9H,5,10-12H2,1-2H3,(H,22,23). The van der Waals surface area contributed by atoms with Crippen molar-refractivity contribution in [3.05, 3.63) is 64.7 Å². The SMILES string of the molecule is Cc1cccc(C)c1NC(=O)CCCSCc1cccc(F)c1F. The Labute approximate surface area is 145 Å². The molecule has 5 heteroatoms. The Kier molecular flexibility index (Phi) is 6.79. The van der Waals surface area contributed by atoms with Crippen molar-refractivity contribution in [2.45, 2.75) is 32.4 Å². The largest absolute Gasteiger partial charge is 0.326 e. The van der Waals surface area contributed by atoms with Crippen molar-refractivity contribution >= 4 is 23.4 Å². The van der Waals surface area contributed by atoms with Crippen LogP contribution in [-0.4, -0.2) is 11.7 Å². The average molecular weight is 349 g/mol. The van der Waals surface area contributed by atoms with Crippen LogP contribution in [0.2, 0.25) is 0 Å². The zero-order chi connectivity index (χ0) is 17.5. The molecule has 0 saturated carbocycles. The van der Waals surface area contributed by atoms with E-state index < -0.39 is 11.6 Å². The number of benzene rings is 2. The van der Waals surface area contributed by atoms with E-state index in [1.807, 2.05) is 32.0 Å². The summed E-state index contributed by atoms with van der Waals surface area (Å²) >= 11 is 1.50. The van der Waals surface area contributed by atoms with E-state index in [4.69, 9.17) is 0 Å². The molecule has 1 amide bonds. The number of carbonyl (C=O) groups is 1. The Bertz CT molecular complexity index is 698. The van der Waals surface area contributed by atoms with E-state index in [-0.39, 0.29) is 5.91 Å². The van der Waals surface area contributed by atoms with Crippen LogP contribution in [0.1, 0.15) is 29.5 Å². The monoisotopic (exact) mass is 349 g/mol. The smallest absolute Gasteiger partial charge is 0.224 e. The summed E-state index contributed by atoms with van der Waals surface area (Å²) in [5, 5.41) is 2.95. The molecular weight excluding hydrogens is 328 g/mol. The number of halogens is 2. The maximum absolute atomic E-state index is 13.5. The van der Waals surface area contributed by atoms with Crippen LogP contribution in [0.5, 0.6) is 0 Å². The molecule has 0 bridgehead atoms. The van der Waals surface area contributed by atoms with Crippen LogP contribution < -0.4 is 5.32 Å². The molecule has 1 N–H and O–H groups in total. The van der Waals surface area contributed by atoms with Crippen molar-refractivity contribution in [3.8, 4) is 0 Å². The lowest BCUT2D eigenvalue weighted by atomic mass is 10.1. The first kappa shape index (κ1) is 18.5. The normalized spacial score (nSPS) is 10.7. The lowest BCUT2D eigenvalue weighted by Crippen LogP contribution is -2.13. The fourth-order valence-electron chi connectivity index (χ4n) is 2.39. The number of hydrogen-bond acceptors (Lipinski definition) is 2. The highest BCUT2D eigenvalue weighted by Gasteiger charge is 2.09. The molecule has 0 aliphatic rings. The number of aryl methyl sites for hydroxylation is 2. The number of thioether (sulfide) groups is 1. The van der Waals surface area contributed by atoms with Gasteiger partial charge < -0.3 is 5.32 Å². The van der Waals surface area contributed by atoms with Gasteiger partial charge in [-0.1, -0.05) is 30.3 Å². The highest BCUT2D eigenvalue weighted by atomic mass is 32.2. The molecule has 0 aliphatic heterocycles. The van der Waals surface area contributed by atoms with Gasteiger partial charge in [-0.25, -0.2) is 8.78 Å². The molecule has 0 atom stereocenters. The summed E-state index contributed by atoms with van der Waals surface area (Å²) in [6.07, 6.45) is 1.10. The molecule has 0 unspecified atom stereocenters. The topological polar surface area (TPSA) is 29.1 Å². The Morgan fingerprint density at radius 1 is 1.08 bits per heavy atom. The van der Waals surface area contributed by atoms with Gasteiger partial charge in [0, 0.05) is 23.4 Å². The van der Waals surface area contributed by atoms with Crippen molar-refractivity contribution in [2.75, 3.05) is 11.1 Å². The van der Waals surface area contributed by atoms with E-state index in [0.717, 1.165) is 28.6 Å². The number of carbonyl (C=O) groups excluding carboxylic acids is 1. The first-order valence-corrected chi connectivity index (χ1v) is 9.01. The zero-order valence-corrected chi connectivity index (χ0v) is 14.7. The van der Waals surface area contributed by atoms with Crippen LogP contribution in [0.15, 0.2) is 36.4 Å². The second-order valence-corrected chi connectivity index (χ2v) is 6.79. The molecule has 24 heavy (non-hydrogen) atoms. The van der Waals surface area contributed by atoms with Crippen LogP contribution in [0.3, 0.4) is 0 Å². The minimum atomic E-state index is -0.818. The molecule has 128 valence electrons. The van der Waals surface area contributed by atoms with Gasteiger partial charge in [0.2, 0.25) is 5.91 Å². The molecule has 0 saturated heterocycles. The van der Waals surface area contributed by atoms with E-state index in [1.165, 1.54) is 17.8 Å². The van der Waals surface area contributed by atoms with Crippen LogP contribution in [-0.2, 0) is 10.5 Å². The summed E-state index contributed by atoms with van der Waals surface area (Å²) in [6, 6.07) is 10.1. The van der Waals surface area contributed by atoms with Crippen LogP contribution in [0, 0.1) is 25.5 Å². The molecule has 2 aromatic carbocycles. The van der Waals surface area contributed by atoms with Gasteiger partial charge in [-0.15, -0.1) is 0 Å². The van der Waals surface area contributed by atoms with Gasteiger partial charge >= 0.3 is 0 Å². The van der Waals surface area contributed by atoms with E-state index >= 15 is 0 Å². The highest BCUT2D eigenvalue weighted by Crippen LogP contribution is 2.21.